The molecule has 12 heteroatoms. The summed E-state index contributed by atoms with van der Waals surface area (Å²) in [5.74, 6) is 0.844. The second-order valence-electron chi connectivity index (χ2n) is 6.86. The number of methoxy groups -OCH3 is 1. The predicted molar refractivity (Wildman–Crippen MR) is 122 cm³/mol. The molecule has 6 nitrogen and oxygen atoms in total. The van der Waals surface area contributed by atoms with Gasteiger partial charge in [-0.3, -0.25) is 9.54 Å². The van der Waals surface area contributed by atoms with Crippen molar-refractivity contribution in [2.75, 3.05) is 7.11 Å². The number of rotatable bonds is 4. The van der Waals surface area contributed by atoms with Crippen molar-refractivity contribution in [3.8, 4) is 39.5 Å². The van der Waals surface area contributed by atoms with Crippen molar-refractivity contribution < 1.29 is 65.7 Å². The van der Waals surface area contributed by atoms with Gasteiger partial charge in [0.05, 0.1) is 24.2 Å². The molecule has 0 saturated carbocycles. The van der Waals surface area contributed by atoms with Gasteiger partial charge in [-0.2, -0.15) is 21.6 Å². The van der Waals surface area contributed by atoms with E-state index in [1.165, 1.54) is 0 Å². The van der Waals surface area contributed by atoms with Gasteiger partial charge in [-0.05, 0) is 47.5 Å². The summed E-state index contributed by atoms with van der Waals surface area (Å²) in [7, 11) is -4.17. The fourth-order valence-corrected chi connectivity index (χ4v) is 2.88. The van der Waals surface area contributed by atoms with Gasteiger partial charge in [0.15, 0.2) is 0 Å². The van der Waals surface area contributed by atoms with E-state index in [2.05, 4.69) is 41.4 Å². The van der Waals surface area contributed by atoms with E-state index in [0.717, 1.165) is 39.5 Å². The van der Waals surface area contributed by atoms with Crippen LogP contribution in [0.1, 0.15) is 0 Å². The number of ether oxygens (including phenoxy) is 1. The first-order chi connectivity index (χ1) is 16.1. The summed E-state index contributed by atoms with van der Waals surface area (Å²) in [5, 5.41) is 0. The minimum atomic E-state index is -5.84. The van der Waals surface area contributed by atoms with Crippen LogP contribution in [0.15, 0.2) is 91.1 Å². The third-order valence-electron chi connectivity index (χ3n) is 4.54. The van der Waals surface area contributed by atoms with Crippen molar-refractivity contribution in [2.45, 2.75) is 5.51 Å². The fourth-order valence-electron chi connectivity index (χ4n) is 2.88. The molecule has 0 radical (unpaired) electrons. The summed E-state index contributed by atoms with van der Waals surface area (Å²) in [6.07, 6.45) is 1.79. The topological polar surface area (TPSA) is 89.4 Å². The summed E-state index contributed by atoms with van der Waals surface area (Å²) in [6.45, 7) is 0. The third-order valence-corrected chi connectivity index (χ3v) is 5.12. The standard InChI is InChI=1S/C23H18N2O.CHF3O3S.Au.ClH/c1-26-20-12-10-17(11-13-20)19-15-22(18-7-3-2-4-8-18)25-23(16-19)21-9-5-6-14-24-21;2-1(3,4)8(5,6)7;;/h2-16H,1H3;(H,5,6,7);;1H/q;;+1;/p-1. The quantitative estimate of drug-likeness (QED) is 0.198. The largest absolute Gasteiger partial charge is 1.00 e. The van der Waals surface area contributed by atoms with Gasteiger partial charge in [-0.25, -0.2) is 4.98 Å². The maximum atomic E-state index is 10.7. The van der Waals surface area contributed by atoms with E-state index in [9.17, 15) is 13.2 Å². The Bertz CT molecular complexity index is 1290. The molecule has 2 heterocycles. The van der Waals surface area contributed by atoms with Crippen molar-refractivity contribution in [1.82, 2.24) is 9.97 Å². The molecule has 4 rings (SSSR count). The van der Waals surface area contributed by atoms with E-state index in [1.54, 1.807) is 13.3 Å². The Morgan fingerprint density at radius 1 is 0.778 bits per heavy atom. The van der Waals surface area contributed by atoms with Crippen LogP contribution in [0.2, 0.25) is 0 Å². The first-order valence-corrected chi connectivity index (χ1v) is 11.2. The zero-order valence-corrected chi connectivity index (χ0v) is 22.2. The number of aromatic nitrogens is 2. The van der Waals surface area contributed by atoms with Gasteiger partial charge in [0.2, 0.25) is 0 Å². The summed E-state index contributed by atoms with van der Waals surface area (Å²) in [6, 6.07) is 28.3. The van der Waals surface area contributed by atoms with Crippen LogP contribution in [0, 0.1) is 0 Å². The molecule has 4 aromatic rings. The number of benzene rings is 2. The van der Waals surface area contributed by atoms with Crippen molar-refractivity contribution in [3.63, 3.8) is 0 Å². The van der Waals surface area contributed by atoms with Crippen LogP contribution in [0.4, 0.5) is 13.2 Å². The second-order valence-corrected chi connectivity index (χ2v) is 8.27. The van der Waals surface area contributed by atoms with E-state index in [4.69, 9.17) is 22.7 Å². The van der Waals surface area contributed by atoms with Crippen LogP contribution in [-0.4, -0.2) is 35.6 Å². The normalized spacial score (nSPS) is 10.7. The number of hydrogen-bond donors (Lipinski definition) is 1. The summed E-state index contributed by atoms with van der Waals surface area (Å²) in [5.41, 5.74) is 0.412. The Hall–Kier alpha value is -2.73. The molecule has 0 unspecified atom stereocenters. The minimum Gasteiger partial charge on any atom is -1.00 e. The van der Waals surface area contributed by atoms with E-state index in [0.29, 0.717) is 0 Å². The molecule has 0 atom stereocenters. The van der Waals surface area contributed by atoms with Crippen LogP contribution in [0.25, 0.3) is 33.8 Å². The van der Waals surface area contributed by atoms with Crippen LogP contribution in [0.3, 0.4) is 0 Å². The monoisotopic (exact) mass is 720 g/mol. The van der Waals surface area contributed by atoms with Crippen molar-refractivity contribution in [2.24, 2.45) is 0 Å². The van der Waals surface area contributed by atoms with Crippen LogP contribution < -0.4 is 17.1 Å². The van der Waals surface area contributed by atoms with Gasteiger partial charge in [0.25, 0.3) is 0 Å². The molecule has 0 fully saturated rings. The van der Waals surface area contributed by atoms with Gasteiger partial charge in [0.1, 0.15) is 5.75 Å². The van der Waals surface area contributed by atoms with Crippen LogP contribution >= 0.6 is 0 Å². The van der Waals surface area contributed by atoms with Crippen molar-refractivity contribution in [3.05, 3.63) is 91.1 Å². The zero-order chi connectivity index (χ0) is 24.8. The average Bonchev–Trinajstić information content (AvgIpc) is 2.84. The molecule has 0 saturated heterocycles. The van der Waals surface area contributed by atoms with Gasteiger partial charge >= 0.3 is 38.0 Å². The number of nitrogens with zero attached hydrogens (tertiary/aromatic N) is 2. The number of halogens is 4. The Balaban J connectivity index is 0.000000567. The molecule has 0 bridgehead atoms. The maximum Gasteiger partial charge on any atom is 1.00 e. The molecular formula is C24H19AuClF3N2O4S. The van der Waals surface area contributed by atoms with E-state index in [1.807, 2.05) is 48.5 Å². The SMILES string of the molecule is COc1ccc(-c2cc(-c3ccccc3)nc(-c3ccccn3)c2)cc1.O=S(=O)(O)C(F)(F)F.[Au+].[Cl-]. The van der Waals surface area contributed by atoms with Gasteiger partial charge in [0, 0.05) is 11.8 Å². The zero-order valence-electron chi connectivity index (χ0n) is 18.4. The molecule has 2 aromatic heterocycles. The Morgan fingerprint density at radius 2 is 1.33 bits per heavy atom. The first-order valence-electron chi connectivity index (χ1n) is 9.75. The van der Waals surface area contributed by atoms with Crippen molar-refractivity contribution in [1.29, 1.82) is 0 Å². The van der Waals surface area contributed by atoms with Crippen LogP contribution in [-0.2, 0) is 32.5 Å². The molecule has 0 amide bonds. The molecule has 0 aliphatic heterocycles. The summed E-state index contributed by atoms with van der Waals surface area (Å²) >= 11 is 0. The minimum absolute atomic E-state index is 0. The summed E-state index contributed by atoms with van der Waals surface area (Å²) < 4.78 is 62.8. The second kappa shape index (κ2) is 13.5. The molecular weight excluding hydrogens is 702 g/mol. The molecule has 0 aliphatic rings. The van der Waals surface area contributed by atoms with Crippen LogP contribution in [0.5, 0.6) is 5.75 Å². The number of hydrogen-bond acceptors (Lipinski definition) is 5. The fraction of sp³-hybridized carbons (Fsp3) is 0.0833. The number of pyridine rings is 2. The first kappa shape index (κ1) is 31.3. The van der Waals surface area contributed by atoms with Gasteiger partial charge < -0.3 is 17.1 Å². The smallest absolute Gasteiger partial charge is 1.00 e. The van der Waals surface area contributed by atoms with E-state index in [-0.39, 0.29) is 34.8 Å². The maximum absolute atomic E-state index is 10.7. The predicted octanol–water partition coefficient (Wildman–Crippen LogP) is 2.88. The third kappa shape index (κ3) is 8.44. The Labute approximate surface area is 228 Å². The van der Waals surface area contributed by atoms with Crippen molar-refractivity contribution >= 4 is 10.1 Å². The molecule has 194 valence electrons. The molecule has 0 aliphatic carbocycles. The molecule has 2 aromatic carbocycles. The molecule has 1 N–H and O–H groups in total. The van der Waals surface area contributed by atoms with E-state index < -0.39 is 15.6 Å². The molecule has 36 heavy (non-hydrogen) atoms. The average molecular weight is 721 g/mol. The summed E-state index contributed by atoms with van der Waals surface area (Å²) in [4.78, 5) is 9.31. The molecule has 0 spiro atoms. The number of alkyl halides is 3. The Kier molecular flexibility index (Phi) is 11.8. The Morgan fingerprint density at radius 3 is 1.83 bits per heavy atom. The van der Waals surface area contributed by atoms with Gasteiger partial charge in [-0.1, -0.05) is 48.5 Å². The van der Waals surface area contributed by atoms with E-state index >= 15 is 0 Å². The van der Waals surface area contributed by atoms with Gasteiger partial charge in [-0.15, -0.1) is 0 Å².